The molecular formula is C18H20N2O4. The number of Topliss-reactive ketones (excluding diaryl/α,β-unsaturated/α-hetero) is 1. The number of H-pyrrole nitrogens is 1. The van der Waals surface area contributed by atoms with Crippen molar-refractivity contribution in [2.24, 2.45) is 0 Å². The van der Waals surface area contributed by atoms with E-state index in [0.29, 0.717) is 22.6 Å². The summed E-state index contributed by atoms with van der Waals surface area (Å²) in [6, 6.07) is 7.38. The molecule has 2 rings (SSSR count). The second-order valence-electron chi connectivity index (χ2n) is 5.62. The number of esters is 1. The van der Waals surface area contributed by atoms with Crippen LogP contribution in [0, 0.1) is 13.8 Å². The van der Waals surface area contributed by atoms with Crippen molar-refractivity contribution >= 4 is 23.3 Å². The molecule has 0 aliphatic heterocycles. The van der Waals surface area contributed by atoms with Gasteiger partial charge in [-0.25, -0.2) is 4.79 Å². The van der Waals surface area contributed by atoms with Gasteiger partial charge in [0.25, 0.3) is 0 Å². The molecule has 0 spiro atoms. The maximum absolute atomic E-state index is 12.3. The molecule has 2 aromatic rings. The maximum Gasteiger partial charge on any atom is 0.339 e. The van der Waals surface area contributed by atoms with Gasteiger partial charge in [0.2, 0.25) is 5.91 Å². The van der Waals surface area contributed by atoms with E-state index in [9.17, 15) is 14.4 Å². The molecule has 0 bridgehead atoms. The molecule has 6 heteroatoms. The highest BCUT2D eigenvalue weighted by molar-refractivity contribution is 6.02. The van der Waals surface area contributed by atoms with Gasteiger partial charge in [0.1, 0.15) is 0 Å². The first-order chi connectivity index (χ1) is 11.3. The molecule has 0 atom stereocenters. The van der Waals surface area contributed by atoms with Crippen molar-refractivity contribution in [3.8, 4) is 0 Å². The SMILES string of the molecule is COC(=O)c1c(CC(=O)Nc2ccc(C)cc2)[nH]c(C(C)=O)c1C. The monoisotopic (exact) mass is 328 g/mol. The molecule has 0 aliphatic rings. The van der Waals surface area contributed by atoms with Crippen molar-refractivity contribution in [1.82, 2.24) is 4.98 Å². The number of aryl methyl sites for hydroxylation is 1. The minimum absolute atomic E-state index is 0.0631. The van der Waals surface area contributed by atoms with Crippen LogP contribution >= 0.6 is 0 Å². The molecule has 24 heavy (non-hydrogen) atoms. The molecule has 0 saturated heterocycles. The molecule has 0 unspecified atom stereocenters. The van der Waals surface area contributed by atoms with Gasteiger partial charge in [-0.05, 0) is 31.5 Å². The average molecular weight is 328 g/mol. The van der Waals surface area contributed by atoms with E-state index in [0.717, 1.165) is 5.56 Å². The average Bonchev–Trinajstić information content (AvgIpc) is 2.85. The summed E-state index contributed by atoms with van der Waals surface area (Å²) in [5, 5.41) is 2.76. The molecule has 0 radical (unpaired) electrons. The lowest BCUT2D eigenvalue weighted by molar-refractivity contribution is -0.115. The summed E-state index contributed by atoms with van der Waals surface area (Å²) in [6.07, 6.45) is -0.0631. The lowest BCUT2D eigenvalue weighted by atomic mass is 10.1. The Kier molecular flexibility index (Phi) is 5.18. The zero-order valence-electron chi connectivity index (χ0n) is 14.1. The van der Waals surface area contributed by atoms with E-state index < -0.39 is 5.97 Å². The molecule has 1 amide bonds. The number of ketones is 1. The van der Waals surface area contributed by atoms with Crippen molar-refractivity contribution in [3.63, 3.8) is 0 Å². The van der Waals surface area contributed by atoms with E-state index in [2.05, 4.69) is 10.3 Å². The van der Waals surface area contributed by atoms with Gasteiger partial charge in [0, 0.05) is 18.3 Å². The van der Waals surface area contributed by atoms with E-state index >= 15 is 0 Å². The fourth-order valence-corrected chi connectivity index (χ4v) is 2.52. The second-order valence-corrected chi connectivity index (χ2v) is 5.62. The lowest BCUT2D eigenvalue weighted by Gasteiger charge is -2.06. The molecule has 2 N–H and O–H groups in total. The number of rotatable bonds is 5. The summed E-state index contributed by atoms with van der Waals surface area (Å²) in [7, 11) is 1.26. The molecule has 1 aromatic carbocycles. The Labute approximate surface area is 140 Å². The maximum atomic E-state index is 12.3. The number of aromatic amines is 1. The Hall–Kier alpha value is -2.89. The van der Waals surface area contributed by atoms with Gasteiger partial charge >= 0.3 is 5.97 Å². The first kappa shape index (κ1) is 17.5. The molecule has 0 saturated carbocycles. The zero-order valence-corrected chi connectivity index (χ0v) is 14.1. The minimum Gasteiger partial charge on any atom is -0.465 e. The van der Waals surface area contributed by atoms with E-state index in [1.165, 1.54) is 14.0 Å². The third-order valence-corrected chi connectivity index (χ3v) is 3.74. The third kappa shape index (κ3) is 3.71. The molecule has 1 heterocycles. The van der Waals surface area contributed by atoms with Gasteiger partial charge in [-0.2, -0.15) is 0 Å². The summed E-state index contributed by atoms with van der Waals surface area (Å²) in [5.41, 5.74) is 3.17. The molecule has 0 fully saturated rings. The van der Waals surface area contributed by atoms with Gasteiger partial charge in [-0.1, -0.05) is 17.7 Å². The summed E-state index contributed by atoms with van der Waals surface area (Å²) >= 11 is 0. The van der Waals surface area contributed by atoms with E-state index in [1.807, 2.05) is 19.1 Å². The number of ether oxygens (including phenoxy) is 1. The highest BCUT2D eigenvalue weighted by Crippen LogP contribution is 2.21. The smallest absolute Gasteiger partial charge is 0.339 e. The predicted molar refractivity (Wildman–Crippen MR) is 90.4 cm³/mol. The Morgan fingerprint density at radius 1 is 1.12 bits per heavy atom. The highest BCUT2D eigenvalue weighted by Gasteiger charge is 2.24. The fraction of sp³-hybridized carbons (Fsp3) is 0.278. The fourth-order valence-electron chi connectivity index (χ4n) is 2.52. The first-order valence-corrected chi connectivity index (χ1v) is 7.50. The molecule has 0 aliphatic carbocycles. The second kappa shape index (κ2) is 7.12. The van der Waals surface area contributed by atoms with Crippen LogP contribution in [-0.2, 0) is 16.0 Å². The number of hydrogen-bond acceptors (Lipinski definition) is 4. The number of benzene rings is 1. The van der Waals surface area contributed by atoms with E-state index in [1.54, 1.807) is 19.1 Å². The number of amides is 1. The standard InChI is InChI=1S/C18H20N2O4/c1-10-5-7-13(8-6-10)19-15(22)9-14-16(18(23)24-4)11(2)17(20-14)12(3)21/h5-8,20H,9H2,1-4H3,(H,19,22). The summed E-state index contributed by atoms with van der Waals surface area (Å²) in [6.45, 7) is 5.01. The summed E-state index contributed by atoms with van der Waals surface area (Å²) in [4.78, 5) is 38.8. The van der Waals surface area contributed by atoms with Crippen LogP contribution in [0.4, 0.5) is 5.69 Å². The molecule has 126 valence electrons. The number of anilines is 1. The van der Waals surface area contributed by atoms with Crippen LogP contribution < -0.4 is 5.32 Å². The van der Waals surface area contributed by atoms with Crippen molar-refractivity contribution in [2.45, 2.75) is 27.2 Å². The Bertz CT molecular complexity index is 788. The van der Waals surface area contributed by atoms with Gasteiger partial charge in [0.15, 0.2) is 5.78 Å². The van der Waals surface area contributed by atoms with Crippen LogP contribution in [-0.4, -0.2) is 29.8 Å². The normalized spacial score (nSPS) is 10.3. The summed E-state index contributed by atoms with van der Waals surface area (Å²) in [5.74, 6) is -1.07. The molecule has 6 nitrogen and oxygen atoms in total. The van der Waals surface area contributed by atoms with Crippen LogP contribution in [0.3, 0.4) is 0 Å². The largest absolute Gasteiger partial charge is 0.465 e. The van der Waals surface area contributed by atoms with Gasteiger partial charge in [-0.3, -0.25) is 9.59 Å². The van der Waals surface area contributed by atoms with Crippen LogP contribution in [0.25, 0.3) is 0 Å². The number of nitrogens with one attached hydrogen (secondary N) is 2. The van der Waals surface area contributed by atoms with Gasteiger partial charge in [-0.15, -0.1) is 0 Å². The number of carbonyl (C=O) groups is 3. The number of hydrogen-bond donors (Lipinski definition) is 2. The Morgan fingerprint density at radius 3 is 2.29 bits per heavy atom. The van der Waals surface area contributed by atoms with Crippen molar-refractivity contribution in [3.05, 3.63) is 52.3 Å². The molecule has 1 aromatic heterocycles. The highest BCUT2D eigenvalue weighted by atomic mass is 16.5. The Morgan fingerprint density at radius 2 is 1.75 bits per heavy atom. The minimum atomic E-state index is -0.575. The quantitative estimate of drug-likeness (QED) is 0.652. The van der Waals surface area contributed by atoms with Gasteiger partial charge < -0.3 is 15.0 Å². The predicted octanol–water partition coefficient (Wildman–Crippen LogP) is 2.80. The molecular weight excluding hydrogens is 308 g/mol. The van der Waals surface area contributed by atoms with Crippen molar-refractivity contribution < 1.29 is 19.1 Å². The number of aromatic nitrogens is 1. The van der Waals surface area contributed by atoms with Crippen LogP contribution in [0.2, 0.25) is 0 Å². The number of carbonyl (C=O) groups excluding carboxylic acids is 3. The van der Waals surface area contributed by atoms with Crippen LogP contribution in [0.1, 0.15) is 44.6 Å². The topological polar surface area (TPSA) is 88.3 Å². The van der Waals surface area contributed by atoms with Crippen molar-refractivity contribution in [2.75, 3.05) is 12.4 Å². The van der Waals surface area contributed by atoms with E-state index in [-0.39, 0.29) is 23.7 Å². The third-order valence-electron chi connectivity index (χ3n) is 3.74. The van der Waals surface area contributed by atoms with E-state index in [4.69, 9.17) is 4.74 Å². The first-order valence-electron chi connectivity index (χ1n) is 7.50. The Balaban J connectivity index is 2.26. The van der Waals surface area contributed by atoms with Crippen LogP contribution in [0.15, 0.2) is 24.3 Å². The summed E-state index contributed by atoms with van der Waals surface area (Å²) < 4.78 is 4.76. The van der Waals surface area contributed by atoms with Crippen molar-refractivity contribution in [1.29, 1.82) is 0 Å². The number of methoxy groups -OCH3 is 1. The lowest BCUT2D eigenvalue weighted by Crippen LogP contribution is -2.17. The van der Waals surface area contributed by atoms with Crippen LogP contribution in [0.5, 0.6) is 0 Å². The zero-order chi connectivity index (χ0) is 17.9. The van der Waals surface area contributed by atoms with Gasteiger partial charge in [0.05, 0.1) is 24.8 Å².